The Morgan fingerprint density at radius 2 is 2.16 bits per heavy atom. The largest absolute Gasteiger partial charge is 0.322 e. The highest BCUT2D eigenvalue weighted by atomic mass is 32.2. The Morgan fingerprint density at radius 3 is 3.00 bits per heavy atom. The molecule has 132 valence electrons. The normalized spacial score (nSPS) is 17.8. The summed E-state index contributed by atoms with van der Waals surface area (Å²) in [5.74, 6) is 0.834. The van der Waals surface area contributed by atoms with Crippen LogP contribution in [-0.4, -0.2) is 28.5 Å². The second-order valence-corrected chi connectivity index (χ2v) is 7.47. The standard InChI is InChI=1S/C20H25N3OS/c1-16-8-3-2-6-13-23(16)20(24)22-18-10-7-9-17(14-18)15-25-19-11-4-5-12-21-19/h4-5,7,9-12,14,16H,2-3,6,8,13,15H2,1H3,(H,22,24)/t16-/m1/s1. The van der Waals surface area contributed by atoms with Crippen molar-refractivity contribution in [1.82, 2.24) is 9.88 Å². The van der Waals surface area contributed by atoms with E-state index in [0.717, 1.165) is 35.9 Å². The number of rotatable bonds is 4. The predicted octanol–water partition coefficient (Wildman–Crippen LogP) is 5.17. The van der Waals surface area contributed by atoms with Gasteiger partial charge in [-0.3, -0.25) is 0 Å². The van der Waals surface area contributed by atoms with Gasteiger partial charge in [0.1, 0.15) is 0 Å². The monoisotopic (exact) mass is 355 g/mol. The summed E-state index contributed by atoms with van der Waals surface area (Å²) < 4.78 is 0. The molecule has 2 heterocycles. The molecule has 1 aliphatic heterocycles. The Balaban J connectivity index is 1.60. The highest BCUT2D eigenvalue weighted by Gasteiger charge is 2.21. The lowest BCUT2D eigenvalue weighted by atomic mass is 10.1. The fourth-order valence-electron chi connectivity index (χ4n) is 3.10. The summed E-state index contributed by atoms with van der Waals surface area (Å²) in [6.07, 6.45) is 6.42. The van der Waals surface area contributed by atoms with Gasteiger partial charge in [0, 0.05) is 30.2 Å². The van der Waals surface area contributed by atoms with Crippen LogP contribution in [0.25, 0.3) is 0 Å². The van der Waals surface area contributed by atoms with E-state index in [9.17, 15) is 4.79 Å². The van der Waals surface area contributed by atoms with Gasteiger partial charge in [-0.15, -0.1) is 11.8 Å². The Bertz CT molecular complexity index is 692. The molecule has 2 amide bonds. The van der Waals surface area contributed by atoms with Crippen molar-refractivity contribution in [2.45, 2.75) is 49.4 Å². The molecular weight excluding hydrogens is 330 g/mol. The van der Waals surface area contributed by atoms with Crippen LogP contribution in [0.3, 0.4) is 0 Å². The number of hydrogen-bond donors (Lipinski definition) is 1. The summed E-state index contributed by atoms with van der Waals surface area (Å²) >= 11 is 1.70. The molecule has 1 fully saturated rings. The fourth-order valence-corrected chi connectivity index (χ4v) is 3.90. The molecule has 3 rings (SSSR count). The van der Waals surface area contributed by atoms with Crippen molar-refractivity contribution in [3.8, 4) is 0 Å². The lowest BCUT2D eigenvalue weighted by Gasteiger charge is -2.27. The van der Waals surface area contributed by atoms with E-state index in [2.05, 4.69) is 29.4 Å². The highest BCUT2D eigenvalue weighted by Crippen LogP contribution is 2.23. The molecule has 1 N–H and O–H groups in total. The van der Waals surface area contributed by atoms with E-state index >= 15 is 0 Å². The lowest BCUT2D eigenvalue weighted by Crippen LogP contribution is -2.41. The van der Waals surface area contributed by atoms with Crippen LogP contribution in [0.2, 0.25) is 0 Å². The maximum absolute atomic E-state index is 12.6. The average molecular weight is 356 g/mol. The predicted molar refractivity (Wildman–Crippen MR) is 104 cm³/mol. The lowest BCUT2D eigenvalue weighted by molar-refractivity contribution is 0.194. The van der Waals surface area contributed by atoms with Gasteiger partial charge in [-0.25, -0.2) is 9.78 Å². The molecule has 0 saturated carbocycles. The second-order valence-electron chi connectivity index (χ2n) is 6.48. The molecule has 1 aromatic heterocycles. The molecule has 0 bridgehead atoms. The number of hydrogen-bond acceptors (Lipinski definition) is 3. The molecule has 5 heteroatoms. The van der Waals surface area contributed by atoms with Crippen LogP contribution in [0.5, 0.6) is 0 Å². The SMILES string of the molecule is C[C@@H]1CCCCCN1C(=O)Nc1cccc(CSc2ccccn2)c1. The van der Waals surface area contributed by atoms with Crippen molar-refractivity contribution in [2.24, 2.45) is 0 Å². The third kappa shape index (κ3) is 5.23. The number of nitrogens with zero attached hydrogens (tertiary/aromatic N) is 2. The van der Waals surface area contributed by atoms with Crippen molar-refractivity contribution in [1.29, 1.82) is 0 Å². The number of amides is 2. The molecule has 0 aliphatic carbocycles. The van der Waals surface area contributed by atoms with Crippen molar-refractivity contribution >= 4 is 23.5 Å². The van der Waals surface area contributed by atoms with Gasteiger partial charge in [-0.05, 0) is 49.6 Å². The summed E-state index contributed by atoms with van der Waals surface area (Å²) in [5, 5.41) is 4.08. The minimum Gasteiger partial charge on any atom is -0.322 e. The topological polar surface area (TPSA) is 45.2 Å². The third-order valence-corrected chi connectivity index (χ3v) is 5.53. The quantitative estimate of drug-likeness (QED) is 0.770. The van der Waals surface area contributed by atoms with Gasteiger partial charge in [0.2, 0.25) is 0 Å². The summed E-state index contributed by atoms with van der Waals surface area (Å²) in [5.41, 5.74) is 2.04. The zero-order valence-electron chi connectivity index (χ0n) is 14.6. The Kier molecular flexibility index (Phi) is 6.34. The minimum atomic E-state index is 0.0175. The van der Waals surface area contributed by atoms with E-state index in [1.54, 1.807) is 18.0 Å². The summed E-state index contributed by atoms with van der Waals surface area (Å²) in [6.45, 7) is 2.99. The average Bonchev–Trinajstić information content (AvgIpc) is 2.85. The zero-order valence-corrected chi connectivity index (χ0v) is 15.5. The van der Waals surface area contributed by atoms with E-state index < -0.39 is 0 Å². The first-order valence-electron chi connectivity index (χ1n) is 8.93. The number of pyridine rings is 1. The number of nitrogens with one attached hydrogen (secondary N) is 1. The molecule has 25 heavy (non-hydrogen) atoms. The number of anilines is 1. The fraction of sp³-hybridized carbons (Fsp3) is 0.400. The first-order chi connectivity index (χ1) is 12.2. The number of aromatic nitrogens is 1. The van der Waals surface area contributed by atoms with Crippen molar-refractivity contribution < 1.29 is 4.79 Å². The summed E-state index contributed by atoms with van der Waals surface area (Å²) in [7, 11) is 0. The zero-order chi connectivity index (χ0) is 17.5. The second kappa shape index (κ2) is 8.90. The number of likely N-dealkylation sites (tertiary alicyclic amines) is 1. The van der Waals surface area contributed by atoms with Gasteiger partial charge in [-0.1, -0.05) is 31.0 Å². The van der Waals surface area contributed by atoms with Gasteiger partial charge < -0.3 is 10.2 Å². The maximum Gasteiger partial charge on any atom is 0.322 e. The molecular formula is C20H25N3OS. The van der Waals surface area contributed by atoms with Gasteiger partial charge in [0.25, 0.3) is 0 Å². The molecule has 1 aromatic carbocycles. The van der Waals surface area contributed by atoms with E-state index in [-0.39, 0.29) is 6.03 Å². The number of benzene rings is 1. The molecule has 2 aromatic rings. The van der Waals surface area contributed by atoms with E-state index in [1.165, 1.54) is 18.4 Å². The van der Waals surface area contributed by atoms with Crippen LogP contribution < -0.4 is 5.32 Å². The summed E-state index contributed by atoms with van der Waals surface area (Å²) in [4.78, 5) is 18.9. The minimum absolute atomic E-state index is 0.0175. The van der Waals surface area contributed by atoms with E-state index in [4.69, 9.17) is 0 Å². The highest BCUT2D eigenvalue weighted by molar-refractivity contribution is 7.98. The van der Waals surface area contributed by atoms with Crippen molar-refractivity contribution in [3.05, 3.63) is 54.2 Å². The number of thioether (sulfide) groups is 1. The molecule has 0 radical (unpaired) electrons. The van der Waals surface area contributed by atoms with Crippen molar-refractivity contribution in [2.75, 3.05) is 11.9 Å². The summed E-state index contributed by atoms with van der Waals surface area (Å²) in [6, 6.07) is 14.3. The van der Waals surface area contributed by atoms with E-state index in [1.807, 2.05) is 35.2 Å². The van der Waals surface area contributed by atoms with Crippen LogP contribution in [0.4, 0.5) is 10.5 Å². The number of urea groups is 1. The number of carbonyl (C=O) groups excluding carboxylic acids is 1. The molecule has 0 spiro atoms. The van der Waals surface area contributed by atoms with Crippen LogP contribution in [0.15, 0.2) is 53.7 Å². The Morgan fingerprint density at radius 1 is 1.24 bits per heavy atom. The molecule has 0 unspecified atom stereocenters. The molecule has 4 nitrogen and oxygen atoms in total. The third-order valence-electron chi connectivity index (χ3n) is 4.52. The van der Waals surface area contributed by atoms with Crippen LogP contribution in [0, 0.1) is 0 Å². The maximum atomic E-state index is 12.6. The Hall–Kier alpha value is -2.01. The first-order valence-corrected chi connectivity index (χ1v) is 9.91. The molecule has 1 atom stereocenters. The molecule has 1 saturated heterocycles. The Labute approximate surface area is 154 Å². The van der Waals surface area contributed by atoms with Crippen LogP contribution in [0.1, 0.15) is 38.2 Å². The van der Waals surface area contributed by atoms with Gasteiger partial charge >= 0.3 is 6.03 Å². The van der Waals surface area contributed by atoms with Gasteiger partial charge in [0.15, 0.2) is 0 Å². The first kappa shape index (κ1) is 17.8. The van der Waals surface area contributed by atoms with Gasteiger partial charge in [-0.2, -0.15) is 0 Å². The van der Waals surface area contributed by atoms with Crippen LogP contribution >= 0.6 is 11.8 Å². The van der Waals surface area contributed by atoms with Crippen molar-refractivity contribution in [3.63, 3.8) is 0 Å². The molecule has 1 aliphatic rings. The van der Waals surface area contributed by atoms with Gasteiger partial charge in [0.05, 0.1) is 5.03 Å². The smallest absolute Gasteiger partial charge is 0.322 e. The van der Waals surface area contributed by atoms with Crippen LogP contribution in [-0.2, 0) is 5.75 Å². The van der Waals surface area contributed by atoms with E-state index in [0.29, 0.717) is 6.04 Å². The number of carbonyl (C=O) groups is 1.